The zero-order chi connectivity index (χ0) is 23.5. The summed E-state index contributed by atoms with van der Waals surface area (Å²) >= 11 is 6.14. The van der Waals surface area contributed by atoms with E-state index in [4.69, 9.17) is 16.3 Å². The molecule has 32 heavy (non-hydrogen) atoms. The lowest BCUT2D eigenvalue weighted by atomic mass is 9.87. The quantitative estimate of drug-likeness (QED) is 0.428. The van der Waals surface area contributed by atoms with Crippen molar-refractivity contribution in [3.8, 4) is 5.75 Å². The summed E-state index contributed by atoms with van der Waals surface area (Å²) in [5, 5.41) is 3.25. The van der Waals surface area contributed by atoms with Gasteiger partial charge in [-0.3, -0.25) is 9.59 Å². The summed E-state index contributed by atoms with van der Waals surface area (Å²) in [6, 6.07) is 21.4. The average molecular weight is 450 g/mol. The SMILES string of the molecule is CC(C)(Oc1ccc(C(C)(C)C)cc1)C(=O)Nc1ccc(Cl)cc1C(=O)c1ccccc1. The summed E-state index contributed by atoms with van der Waals surface area (Å²) in [6.45, 7) is 9.80. The molecule has 1 N–H and O–H groups in total. The van der Waals surface area contributed by atoms with E-state index in [1.54, 1.807) is 56.3 Å². The third-order valence-electron chi connectivity index (χ3n) is 5.15. The van der Waals surface area contributed by atoms with Gasteiger partial charge < -0.3 is 10.1 Å². The topological polar surface area (TPSA) is 55.4 Å². The molecular formula is C27H28ClNO3. The van der Waals surface area contributed by atoms with Gasteiger partial charge in [-0.1, -0.05) is 74.8 Å². The van der Waals surface area contributed by atoms with Gasteiger partial charge in [0.05, 0.1) is 5.69 Å². The molecule has 0 spiro atoms. The summed E-state index contributed by atoms with van der Waals surface area (Å²) in [6.07, 6.45) is 0. The van der Waals surface area contributed by atoms with Crippen LogP contribution >= 0.6 is 11.6 Å². The zero-order valence-electron chi connectivity index (χ0n) is 19.0. The number of carbonyl (C=O) groups excluding carboxylic acids is 2. The third kappa shape index (κ3) is 5.57. The minimum absolute atomic E-state index is 0.0295. The van der Waals surface area contributed by atoms with Crippen LogP contribution < -0.4 is 10.1 Å². The Labute approximate surface area is 194 Å². The summed E-state index contributed by atoms with van der Waals surface area (Å²) in [7, 11) is 0. The van der Waals surface area contributed by atoms with Crippen LogP contribution in [0.5, 0.6) is 5.75 Å². The molecule has 0 saturated carbocycles. The van der Waals surface area contributed by atoms with E-state index in [9.17, 15) is 9.59 Å². The predicted octanol–water partition coefficient (Wildman–Crippen LogP) is 6.66. The average Bonchev–Trinajstić information content (AvgIpc) is 2.74. The first kappa shape index (κ1) is 23.6. The maximum Gasteiger partial charge on any atom is 0.267 e. The van der Waals surface area contributed by atoms with Crippen molar-refractivity contribution >= 4 is 29.0 Å². The molecule has 0 atom stereocenters. The Morgan fingerprint density at radius 2 is 1.47 bits per heavy atom. The number of ether oxygens (including phenoxy) is 1. The van der Waals surface area contributed by atoms with E-state index in [0.717, 1.165) is 0 Å². The Morgan fingerprint density at radius 3 is 2.06 bits per heavy atom. The largest absolute Gasteiger partial charge is 0.478 e. The molecule has 0 aromatic heterocycles. The van der Waals surface area contributed by atoms with Crippen molar-refractivity contribution in [3.05, 3.63) is 94.5 Å². The minimum Gasteiger partial charge on any atom is -0.478 e. The van der Waals surface area contributed by atoms with E-state index < -0.39 is 5.60 Å². The maximum atomic E-state index is 13.1. The summed E-state index contributed by atoms with van der Waals surface area (Å²) in [4.78, 5) is 26.1. The molecule has 0 radical (unpaired) electrons. The van der Waals surface area contributed by atoms with Gasteiger partial charge in [0, 0.05) is 16.1 Å². The molecule has 4 nitrogen and oxygen atoms in total. The van der Waals surface area contributed by atoms with Crippen molar-refractivity contribution in [2.75, 3.05) is 5.32 Å². The molecule has 0 saturated heterocycles. The Bertz CT molecular complexity index is 1110. The Morgan fingerprint density at radius 1 is 0.844 bits per heavy atom. The van der Waals surface area contributed by atoms with Crippen molar-refractivity contribution < 1.29 is 14.3 Å². The van der Waals surface area contributed by atoms with E-state index in [1.165, 1.54) is 5.56 Å². The molecule has 5 heteroatoms. The normalized spacial score (nSPS) is 11.7. The van der Waals surface area contributed by atoms with E-state index in [0.29, 0.717) is 27.6 Å². The molecule has 0 heterocycles. The fourth-order valence-electron chi connectivity index (χ4n) is 3.20. The van der Waals surface area contributed by atoms with Crippen LogP contribution in [0.4, 0.5) is 5.69 Å². The highest BCUT2D eigenvalue weighted by Crippen LogP contribution is 2.28. The summed E-state index contributed by atoms with van der Waals surface area (Å²) in [5.41, 5.74) is 1.25. The molecule has 0 bridgehead atoms. The van der Waals surface area contributed by atoms with Crippen LogP contribution in [0.25, 0.3) is 0 Å². The second kappa shape index (κ2) is 9.17. The number of amides is 1. The zero-order valence-corrected chi connectivity index (χ0v) is 19.8. The number of halogens is 1. The molecule has 3 aromatic carbocycles. The number of benzene rings is 3. The lowest BCUT2D eigenvalue weighted by Gasteiger charge is -2.26. The lowest BCUT2D eigenvalue weighted by Crippen LogP contribution is -2.42. The van der Waals surface area contributed by atoms with Gasteiger partial charge >= 0.3 is 0 Å². The smallest absolute Gasteiger partial charge is 0.267 e. The van der Waals surface area contributed by atoms with Gasteiger partial charge in [-0.2, -0.15) is 0 Å². The van der Waals surface area contributed by atoms with Crippen LogP contribution in [0.1, 0.15) is 56.1 Å². The molecule has 3 rings (SSSR count). The van der Waals surface area contributed by atoms with Gasteiger partial charge in [-0.15, -0.1) is 0 Å². The highest BCUT2D eigenvalue weighted by Gasteiger charge is 2.31. The summed E-state index contributed by atoms with van der Waals surface area (Å²) < 4.78 is 5.99. The van der Waals surface area contributed by atoms with E-state index >= 15 is 0 Å². The van der Waals surface area contributed by atoms with Crippen molar-refractivity contribution in [3.63, 3.8) is 0 Å². The molecule has 0 aliphatic heterocycles. The van der Waals surface area contributed by atoms with Crippen LogP contribution in [-0.4, -0.2) is 17.3 Å². The first-order chi connectivity index (χ1) is 15.0. The standard InChI is InChI=1S/C27H28ClNO3/c1-26(2,3)19-11-14-21(15-12-19)32-27(4,5)25(31)29-23-16-13-20(28)17-22(23)24(30)18-9-7-6-8-10-18/h6-17H,1-5H3,(H,29,31). The molecular weight excluding hydrogens is 422 g/mol. The van der Waals surface area contributed by atoms with E-state index in [2.05, 4.69) is 26.1 Å². The molecule has 0 unspecified atom stereocenters. The molecule has 166 valence electrons. The van der Waals surface area contributed by atoms with Gasteiger partial charge in [-0.25, -0.2) is 0 Å². The fourth-order valence-corrected chi connectivity index (χ4v) is 3.37. The van der Waals surface area contributed by atoms with Crippen LogP contribution in [0, 0.1) is 0 Å². The van der Waals surface area contributed by atoms with Crippen LogP contribution in [0.3, 0.4) is 0 Å². The number of hydrogen-bond donors (Lipinski definition) is 1. The van der Waals surface area contributed by atoms with Gasteiger partial charge in [-0.05, 0) is 55.2 Å². The highest BCUT2D eigenvalue weighted by molar-refractivity contribution is 6.31. The van der Waals surface area contributed by atoms with Gasteiger partial charge in [0.1, 0.15) is 5.75 Å². The Kier molecular flexibility index (Phi) is 6.75. The maximum absolute atomic E-state index is 13.1. The fraction of sp³-hybridized carbons (Fsp3) is 0.259. The molecule has 3 aromatic rings. The van der Waals surface area contributed by atoms with Crippen molar-refractivity contribution in [2.24, 2.45) is 0 Å². The van der Waals surface area contributed by atoms with Gasteiger partial charge in [0.2, 0.25) is 0 Å². The lowest BCUT2D eigenvalue weighted by molar-refractivity contribution is -0.128. The molecule has 0 aliphatic rings. The highest BCUT2D eigenvalue weighted by atomic mass is 35.5. The van der Waals surface area contributed by atoms with Gasteiger partial charge in [0.15, 0.2) is 11.4 Å². The Balaban J connectivity index is 1.81. The minimum atomic E-state index is -1.17. The van der Waals surface area contributed by atoms with Crippen molar-refractivity contribution in [2.45, 2.75) is 45.6 Å². The molecule has 0 aliphatic carbocycles. The second-order valence-corrected chi connectivity index (χ2v) is 9.66. The first-order valence-corrected chi connectivity index (χ1v) is 10.9. The number of anilines is 1. The monoisotopic (exact) mass is 449 g/mol. The Hall–Kier alpha value is -3.11. The molecule has 0 fully saturated rings. The first-order valence-electron chi connectivity index (χ1n) is 10.5. The predicted molar refractivity (Wildman–Crippen MR) is 130 cm³/mol. The van der Waals surface area contributed by atoms with Crippen molar-refractivity contribution in [1.29, 1.82) is 0 Å². The number of hydrogen-bond acceptors (Lipinski definition) is 3. The summed E-state index contributed by atoms with van der Waals surface area (Å²) in [5.74, 6) is -0.00318. The van der Waals surface area contributed by atoms with E-state index in [1.807, 2.05) is 30.3 Å². The van der Waals surface area contributed by atoms with Crippen LogP contribution in [-0.2, 0) is 10.2 Å². The number of nitrogens with one attached hydrogen (secondary N) is 1. The molecule has 1 amide bonds. The number of ketones is 1. The second-order valence-electron chi connectivity index (χ2n) is 9.23. The van der Waals surface area contributed by atoms with Crippen LogP contribution in [0.15, 0.2) is 72.8 Å². The van der Waals surface area contributed by atoms with Crippen LogP contribution in [0.2, 0.25) is 5.02 Å². The number of rotatable bonds is 6. The van der Waals surface area contributed by atoms with E-state index in [-0.39, 0.29) is 17.1 Å². The van der Waals surface area contributed by atoms with Gasteiger partial charge in [0.25, 0.3) is 5.91 Å². The third-order valence-corrected chi connectivity index (χ3v) is 5.39. The van der Waals surface area contributed by atoms with Crippen molar-refractivity contribution in [1.82, 2.24) is 0 Å². The number of carbonyl (C=O) groups is 2.